The molecule has 2 aliphatic rings. The van der Waals surface area contributed by atoms with Gasteiger partial charge in [-0.05, 0) is 17.5 Å². The number of hydrogen-bond donors (Lipinski definition) is 2. The van der Waals surface area contributed by atoms with E-state index in [-0.39, 0.29) is 17.9 Å². The molecule has 1 atom stereocenters. The summed E-state index contributed by atoms with van der Waals surface area (Å²) in [5.74, 6) is -0.154. The number of carbonyl (C=O) groups excluding carboxylic acids is 2. The van der Waals surface area contributed by atoms with Gasteiger partial charge < -0.3 is 20.2 Å². The minimum absolute atomic E-state index is 0.00413. The van der Waals surface area contributed by atoms with Gasteiger partial charge in [0.1, 0.15) is 6.04 Å². The van der Waals surface area contributed by atoms with Gasteiger partial charge in [-0.2, -0.15) is 0 Å². The highest BCUT2D eigenvalue weighted by atomic mass is 16.3. The number of nitrogens with zero attached hydrogens (tertiary/aromatic N) is 2. The van der Waals surface area contributed by atoms with E-state index >= 15 is 0 Å². The van der Waals surface area contributed by atoms with Crippen LogP contribution in [0.2, 0.25) is 0 Å². The van der Waals surface area contributed by atoms with E-state index in [0.717, 1.165) is 11.3 Å². The zero-order valence-corrected chi connectivity index (χ0v) is 12.8. The highest BCUT2D eigenvalue weighted by molar-refractivity contribution is 5.98. The number of aliphatic hydroxyl groups excluding tert-OH is 1. The Morgan fingerprint density at radius 3 is 2.64 bits per heavy atom. The van der Waals surface area contributed by atoms with Crippen molar-refractivity contribution in [2.45, 2.75) is 32.5 Å². The van der Waals surface area contributed by atoms with Gasteiger partial charge in [0, 0.05) is 5.69 Å². The van der Waals surface area contributed by atoms with Gasteiger partial charge in [0.05, 0.1) is 25.7 Å². The molecule has 0 spiro atoms. The van der Waals surface area contributed by atoms with Crippen LogP contribution in [-0.2, 0) is 11.3 Å². The van der Waals surface area contributed by atoms with Crippen molar-refractivity contribution in [3.8, 4) is 0 Å². The molecule has 6 nitrogen and oxygen atoms in total. The average molecular weight is 303 g/mol. The number of urea groups is 1. The maximum atomic E-state index is 12.7. The lowest BCUT2D eigenvalue weighted by molar-refractivity contribution is -0.122. The third-order valence-electron chi connectivity index (χ3n) is 4.23. The van der Waals surface area contributed by atoms with Crippen molar-refractivity contribution in [3.05, 3.63) is 29.8 Å². The summed E-state index contributed by atoms with van der Waals surface area (Å²) in [6.07, 6.45) is -0.449. The van der Waals surface area contributed by atoms with E-state index in [4.69, 9.17) is 0 Å². The average Bonchev–Trinajstić information content (AvgIpc) is 2.58. The number of fused-ring (bicyclic) bond motifs is 1. The monoisotopic (exact) mass is 303 g/mol. The lowest BCUT2D eigenvalue weighted by Gasteiger charge is -2.41. The molecule has 6 heteroatoms. The Balaban J connectivity index is 1.93. The van der Waals surface area contributed by atoms with Crippen molar-refractivity contribution >= 4 is 17.6 Å². The fourth-order valence-corrected chi connectivity index (χ4v) is 3.05. The maximum Gasteiger partial charge on any atom is 0.321 e. The van der Waals surface area contributed by atoms with Crippen LogP contribution in [0, 0.1) is 5.92 Å². The smallest absolute Gasteiger partial charge is 0.321 e. The van der Waals surface area contributed by atoms with Crippen molar-refractivity contribution in [2.75, 3.05) is 18.4 Å². The maximum absolute atomic E-state index is 12.7. The minimum Gasteiger partial charge on any atom is -0.389 e. The minimum atomic E-state index is -0.516. The molecule has 0 bridgehead atoms. The van der Waals surface area contributed by atoms with Gasteiger partial charge in [0.15, 0.2) is 0 Å². The van der Waals surface area contributed by atoms with Crippen LogP contribution in [0.25, 0.3) is 0 Å². The zero-order valence-electron chi connectivity index (χ0n) is 12.8. The Morgan fingerprint density at radius 2 is 2.00 bits per heavy atom. The number of likely N-dealkylation sites (tertiary alicyclic amines) is 1. The second kappa shape index (κ2) is 5.61. The fraction of sp³-hybridized carbons (Fsp3) is 0.500. The first-order valence-electron chi connectivity index (χ1n) is 7.59. The first-order chi connectivity index (χ1) is 10.5. The van der Waals surface area contributed by atoms with Crippen molar-refractivity contribution < 1.29 is 14.7 Å². The number of nitrogens with one attached hydrogen (secondary N) is 1. The van der Waals surface area contributed by atoms with E-state index in [0.29, 0.717) is 19.6 Å². The van der Waals surface area contributed by atoms with E-state index in [2.05, 4.69) is 5.32 Å². The molecule has 1 unspecified atom stereocenters. The first-order valence-corrected chi connectivity index (χ1v) is 7.59. The van der Waals surface area contributed by atoms with Crippen LogP contribution in [-0.4, -0.2) is 52.1 Å². The quantitative estimate of drug-likeness (QED) is 0.820. The van der Waals surface area contributed by atoms with Gasteiger partial charge in [-0.1, -0.05) is 32.0 Å². The molecular formula is C16H21N3O3. The largest absolute Gasteiger partial charge is 0.389 e. The summed E-state index contributed by atoms with van der Waals surface area (Å²) in [7, 11) is 0. The number of rotatable bonds is 1. The molecule has 2 aliphatic heterocycles. The molecule has 1 aromatic carbocycles. The lowest BCUT2D eigenvalue weighted by atomic mass is 10.0. The van der Waals surface area contributed by atoms with Gasteiger partial charge in [-0.3, -0.25) is 4.79 Å². The summed E-state index contributed by atoms with van der Waals surface area (Å²) in [6, 6.07) is 6.84. The molecule has 0 aromatic heterocycles. The van der Waals surface area contributed by atoms with Gasteiger partial charge >= 0.3 is 6.03 Å². The molecule has 1 fully saturated rings. The highest BCUT2D eigenvalue weighted by Gasteiger charge is 2.40. The van der Waals surface area contributed by atoms with Crippen LogP contribution in [0.4, 0.5) is 10.5 Å². The SMILES string of the molecule is CC(C)C1C(=O)Nc2ccccc2CN1C(=O)N1CC(O)C1. The van der Waals surface area contributed by atoms with E-state index in [9.17, 15) is 14.7 Å². The predicted molar refractivity (Wildman–Crippen MR) is 82.2 cm³/mol. The molecule has 3 rings (SSSR count). The summed E-state index contributed by atoms with van der Waals surface area (Å²) in [4.78, 5) is 28.5. The van der Waals surface area contributed by atoms with Gasteiger partial charge in [0.25, 0.3) is 0 Å². The molecule has 0 radical (unpaired) electrons. The van der Waals surface area contributed by atoms with E-state index in [1.54, 1.807) is 9.80 Å². The van der Waals surface area contributed by atoms with Crippen LogP contribution in [0.5, 0.6) is 0 Å². The number of amides is 3. The molecule has 2 heterocycles. The molecule has 22 heavy (non-hydrogen) atoms. The van der Waals surface area contributed by atoms with Crippen LogP contribution >= 0.6 is 0 Å². The normalized spacial score (nSPS) is 22.0. The fourth-order valence-electron chi connectivity index (χ4n) is 3.05. The Hall–Kier alpha value is -2.08. The van der Waals surface area contributed by atoms with Crippen molar-refractivity contribution in [3.63, 3.8) is 0 Å². The summed E-state index contributed by atoms with van der Waals surface area (Å²) >= 11 is 0. The van der Waals surface area contributed by atoms with Crippen LogP contribution in [0.3, 0.4) is 0 Å². The third kappa shape index (κ3) is 2.54. The van der Waals surface area contributed by atoms with E-state index in [1.165, 1.54) is 0 Å². The number of anilines is 1. The molecule has 0 saturated carbocycles. The summed E-state index contributed by atoms with van der Waals surface area (Å²) in [5.41, 5.74) is 1.69. The Labute approximate surface area is 129 Å². The second-order valence-electron chi connectivity index (χ2n) is 6.30. The molecule has 0 aliphatic carbocycles. The number of hydrogen-bond acceptors (Lipinski definition) is 3. The summed E-state index contributed by atoms with van der Waals surface area (Å²) in [5, 5.41) is 12.3. The number of benzene rings is 1. The standard InChI is InChI=1S/C16H21N3O3/c1-10(2)14-15(21)17-13-6-4-3-5-11(13)7-19(14)16(22)18-8-12(20)9-18/h3-6,10,12,14,20H,7-9H2,1-2H3,(H,17,21). The second-order valence-corrected chi connectivity index (χ2v) is 6.30. The third-order valence-corrected chi connectivity index (χ3v) is 4.23. The number of carbonyl (C=O) groups is 2. The number of β-amino-alcohol motifs (C(OH)–C–C–N with tert-alkyl or cyclic N) is 1. The first kappa shape index (κ1) is 14.8. The van der Waals surface area contributed by atoms with E-state index < -0.39 is 12.1 Å². The van der Waals surface area contributed by atoms with Crippen molar-refractivity contribution in [1.82, 2.24) is 9.80 Å². The molecular weight excluding hydrogens is 282 g/mol. The van der Waals surface area contributed by atoms with Crippen LogP contribution in [0.1, 0.15) is 19.4 Å². The predicted octanol–water partition coefficient (Wildman–Crippen LogP) is 1.26. The number of para-hydroxylation sites is 1. The van der Waals surface area contributed by atoms with Crippen molar-refractivity contribution in [2.24, 2.45) is 5.92 Å². The van der Waals surface area contributed by atoms with Gasteiger partial charge in [0.2, 0.25) is 5.91 Å². The zero-order chi connectivity index (χ0) is 15.9. The topological polar surface area (TPSA) is 72.9 Å². The van der Waals surface area contributed by atoms with E-state index in [1.807, 2.05) is 38.1 Å². The van der Waals surface area contributed by atoms with Crippen molar-refractivity contribution in [1.29, 1.82) is 0 Å². The molecule has 118 valence electrons. The summed E-state index contributed by atoms with van der Waals surface area (Å²) < 4.78 is 0. The number of aliphatic hydroxyl groups is 1. The van der Waals surface area contributed by atoms with Gasteiger partial charge in [-0.25, -0.2) is 4.79 Å². The van der Waals surface area contributed by atoms with Gasteiger partial charge in [-0.15, -0.1) is 0 Å². The highest BCUT2D eigenvalue weighted by Crippen LogP contribution is 2.27. The molecule has 2 N–H and O–H groups in total. The lowest BCUT2D eigenvalue weighted by Crippen LogP contribution is -2.60. The molecule has 3 amide bonds. The Bertz CT molecular complexity index is 596. The Kier molecular flexibility index (Phi) is 3.78. The molecule has 1 saturated heterocycles. The van der Waals surface area contributed by atoms with Crippen LogP contribution < -0.4 is 5.32 Å². The molecule has 1 aromatic rings. The Morgan fingerprint density at radius 1 is 1.32 bits per heavy atom. The summed E-state index contributed by atoms with van der Waals surface area (Å²) in [6.45, 7) is 4.94. The van der Waals surface area contributed by atoms with Crippen LogP contribution in [0.15, 0.2) is 24.3 Å².